The number of nitrogens with zero attached hydrogens (tertiary/aromatic N) is 1. The van der Waals surface area contributed by atoms with Crippen LogP contribution in [0.4, 0.5) is 0 Å². The number of esters is 1. The van der Waals surface area contributed by atoms with Crippen LogP contribution in [0.1, 0.15) is 53.6 Å². The number of hydrogen-bond donors (Lipinski definition) is 1. The van der Waals surface area contributed by atoms with Crippen molar-refractivity contribution in [1.82, 2.24) is 4.98 Å². The van der Waals surface area contributed by atoms with E-state index in [1.807, 2.05) is 6.07 Å². The van der Waals surface area contributed by atoms with Crippen LogP contribution in [-0.4, -0.2) is 59.5 Å². The molecule has 1 N–H and O–H groups in total. The number of fused-ring (bicyclic) bond motifs is 3. The number of aliphatic imine (C=N–C) groups is 1. The third kappa shape index (κ3) is 6.72. The number of ether oxygens (including phenoxy) is 7. The minimum atomic E-state index is -0.487. The number of cyclic esters (lactones) is 1. The molecule has 10 heteroatoms. The molecule has 0 saturated heterocycles. The largest absolute Gasteiger partial charge is 0.493 e. The molecule has 2 aliphatic rings. The van der Waals surface area contributed by atoms with Crippen LogP contribution in [0.3, 0.4) is 0 Å². The summed E-state index contributed by atoms with van der Waals surface area (Å²) in [5.74, 6) is 3.89. The lowest BCUT2D eigenvalue weighted by atomic mass is 9.82. The molecule has 1 atom stereocenters. The van der Waals surface area contributed by atoms with Crippen molar-refractivity contribution >= 4 is 28.8 Å². The van der Waals surface area contributed by atoms with Gasteiger partial charge >= 0.3 is 5.97 Å². The van der Waals surface area contributed by atoms with Gasteiger partial charge in [-0.2, -0.15) is 0 Å². The quantitative estimate of drug-likeness (QED) is 0.151. The highest BCUT2D eigenvalue weighted by Crippen LogP contribution is 2.44. The lowest BCUT2D eigenvalue weighted by molar-refractivity contribution is -0.130. The molecule has 0 saturated carbocycles. The molecule has 248 valence electrons. The summed E-state index contributed by atoms with van der Waals surface area (Å²) in [5.41, 5.74) is 7.46. The van der Waals surface area contributed by atoms with Crippen LogP contribution in [0.15, 0.2) is 53.2 Å². The summed E-state index contributed by atoms with van der Waals surface area (Å²) in [5, 5.41) is 1.38. The third-order valence-electron chi connectivity index (χ3n) is 8.49. The van der Waals surface area contributed by atoms with Crippen molar-refractivity contribution in [2.45, 2.75) is 45.4 Å². The first-order valence-corrected chi connectivity index (χ1v) is 15.4. The second-order valence-corrected chi connectivity index (χ2v) is 11.3. The Morgan fingerprint density at radius 2 is 1.49 bits per heavy atom. The van der Waals surface area contributed by atoms with Gasteiger partial charge in [0.1, 0.15) is 0 Å². The summed E-state index contributed by atoms with van der Waals surface area (Å²) in [6.45, 7) is 3.78. The van der Waals surface area contributed by atoms with Crippen LogP contribution in [0.2, 0.25) is 0 Å². The van der Waals surface area contributed by atoms with Gasteiger partial charge in [-0.1, -0.05) is 17.7 Å². The molecule has 4 aromatic rings. The van der Waals surface area contributed by atoms with Crippen molar-refractivity contribution in [1.29, 1.82) is 0 Å². The number of methoxy groups -OCH3 is 6. The highest BCUT2D eigenvalue weighted by Gasteiger charge is 2.27. The average molecular weight is 643 g/mol. The van der Waals surface area contributed by atoms with Crippen LogP contribution in [0.5, 0.6) is 34.5 Å². The minimum absolute atomic E-state index is 0.216. The Morgan fingerprint density at radius 3 is 2.11 bits per heavy atom. The van der Waals surface area contributed by atoms with Gasteiger partial charge in [0, 0.05) is 35.0 Å². The van der Waals surface area contributed by atoms with E-state index in [0.717, 1.165) is 24.2 Å². The molecule has 1 aliphatic heterocycles. The second kappa shape index (κ2) is 14.5. The van der Waals surface area contributed by atoms with Crippen LogP contribution >= 0.6 is 0 Å². The Hall–Kier alpha value is -5.12. The van der Waals surface area contributed by atoms with Crippen molar-refractivity contribution in [3.63, 3.8) is 0 Å². The number of carbonyl (C=O) groups is 1. The maximum atomic E-state index is 11.6. The first-order valence-electron chi connectivity index (χ1n) is 15.4. The van der Waals surface area contributed by atoms with Gasteiger partial charge in [0.05, 0.1) is 42.7 Å². The van der Waals surface area contributed by atoms with E-state index >= 15 is 0 Å². The molecule has 1 aliphatic carbocycles. The Labute approximate surface area is 275 Å². The fourth-order valence-electron chi connectivity index (χ4n) is 6.36. The molecule has 10 nitrogen and oxygen atoms in total. The molecular formula is C37H42N2O8. The van der Waals surface area contributed by atoms with Crippen LogP contribution in [0.25, 0.3) is 17.0 Å². The van der Waals surface area contributed by atoms with E-state index < -0.39 is 5.97 Å². The van der Waals surface area contributed by atoms with Crippen molar-refractivity contribution < 1.29 is 38.0 Å². The number of aromatic amines is 1. The van der Waals surface area contributed by atoms with Gasteiger partial charge in [-0.05, 0) is 80.1 Å². The van der Waals surface area contributed by atoms with E-state index in [1.54, 1.807) is 46.5 Å². The molecule has 6 rings (SSSR count). The van der Waals surface area contributed by atoms with Gasteiger partial charge in [-0.15, -0.1) is 0 Å². The van der Waals surface area contributed by atoms with E-state index in [2.05, 4.69) is 41.2 Å². The SMILES string of the molecule is COc1ccc(/C=C2\N=C(C)OC2=O)c(OC)c1OC.COc1ccc(CC2CCCc3c2[nH]c2ccc(C)cc32)c(OC)c1OC. The number of aromatic nitrogens is 1. The summed E-state index contributed by atoms with van der Waals surface area (Å²) in [4.78, 5) is 19.3. The van der Waals surface area contributed by atoms with E-state index in [-0.39, 0.29) is 5.70 Å². The normalized spacial score (nSPS) is 16.1. The van der Waals surface area contributed by atoms with Gasteiger partial charge in [0.25, 0.3) is 0 Å². The zero-order valence-electron chi connectivity index (χ0n) is 28.2. The molecule has 2 heterocycles. The van der Waals surface area contributed by atoms with E-state index in [1.165, 1.54) is 61.9 Å². The smallest absolute Gasteiger partial charge is 0.363 e. The highest BCUT2D eigenvalue weighted by atomic mass is 16.6. The minimum Gasteiger partial charge on any atom is -0.493 e. The molecule has 1 aromatic heterocycles. The molecule has 3 aromatic carbocycles. The average Bonchev–Trinajstić information content (AvgIpc) is 3.62. The van der Waals surface area contributed by atoms with Gasteiger partial charge in [-0.25, -0.2) is 9.79 Å². The summed E-state index contributed by atoms with van der Waals surface area (Å²) in [7, 11) is 9.57. The van der Waals surface area contributed by atoms with Gasteiger partial charge < -0.3 is 38.1 Å². The van der Waals surface area contributed by atoms with Crippen molar-refractivity contribution in [2.75, 3.05) is 42.7 Å². The Morgan fingerprint density at radius 1 is 0.830 bits per heavy atom. The monoisotopic (exact) mass is 642 g/mol. The molecule has 0 fully saturated rings. The van der Waals surface area contributed by atoms with Gasteiger partial charge in [-0.3, -0.25) is 0 Å². The third-order valence-corrected chi connectivity index (χ3v) is 8.49. The van der Waals surface area contributed by atoms with Crippen molar-refractivity contribution in [3.05, 3.63) is 76.1 Å². The fraction of sp³-hybridized carbons (Fsp3) is 0.351. The summed E-state index contributed by atoms with van der Waals surface area (Å²) in [6, 6.07) is 14.2. The summed E-state index contributed by atoms with van der Waals surface area (Å²) in [6.07, 6.45) is 6.05. The fourth-order valence-corrected chi connectivity index (χ4v) is 6.36. The van der Waals surface area contributed by atoms with E-state index in [9.17, 15) is 4.79 Å². The molecule has 0 amide bonds. The number of rotatable bonds is 9. The van der Waals surface area contributed by atoms with Crippen molar-refractivity contribution in [2.24, 2.45) is 4.99 Å². The van der Waals surface area contributed by atoms with Crippen LogP contribution in [-0.2, 0) is 22.4 Å². The van der Waals surface area contributed by atoms with E-state index in [4.69, 9.17) is 33.2 Å². The van der Waals surface area contributed by atoms with Gasteiger partial charge in [0.15, 0.2) is 34.6 Å². The molecule has 47 heavy (non-hydrogen) atoms. The number of H-pyrrole nitrogens is 1. The zero-order chi connectivity index (χ0) is 33.7. The Balaban J connectivity index is 0.000000194. The van der Waals surface area contributed by atoms with Gasteiger partial charge in [0.2, 0.25) is 11.5 Å². The number of aryl methyl sites for hydroxylation is 2. The maximum absolute atomic E-state index is 11.6. The second-order valence-electron chi connectivity index (χ2n) is 11.3. The summed E-state index contributed by atoms with van der Waals surface area (Å²) >= 11 is 0. The maximum Gasteiger partial charge on any atom is 0.363 e. The molecule has 0 bridgehead atoms. The first-order chi connectivity index (χ1) is 22.8. The molecule has 0 spiro atoms. The predicted molar refractivity (Wildman–Crippen MR) is 182 cm³/mol. The summed E-state index contributed by atoms with van der Waals surface area (Å²) < 4.78 is 37.4. The van der Waals surface area contributed by atoms with Crippen LogP contribution < -0.4 is 28.4 Å². The molecular weight excluding hydrogens is 600 g/mol. The van der Waals surface area contributed by atoms with Crippen molar-refractivity contribution in [3.8, 4) is 34.5 Å². The lowest BCUT2D eigenvalue weighted by Crippen LogP contribution is -2.12. The first kappa shape index (κ1) is 33.2. The number of nitrogens with one attached hydrogen (secondary N) is 1. The Kier molecular flexibility index (Phi) is 10.3. The number of hydrogen-bond acceptors (Lipinski definition) is 9. The predicted octanol–water partition coefficient (Wildman–Crippen LogP) is 7.19. The standard InChI is InChI=1S/C23H27NO3.C14H15NO5/c1-14-8-10-19-18(12-14)17-7-5-6-15(21(17)24-19)13-16-9-11-20(25-2)23(27-4)22(16)26-3;1-8-15-10(14(16)20-8)7-9-5-6-11(17-2)13(19-4)12(9)18-3/h8-12,15,24H,5-7,13H2,1-4H3;5-7H,1-4H3/b;10-7-. The topological polar surface area (TPSA) is 110 Å². The van der Waals surface area contributed by atoms with E-state index in [0.29, 0.717) is 46.1 Å². The zero-order valence-corrected chi connectivity index (χ0v) is 28.2. The number of benzene rings is 3. The van der Waals surface area contributed by atoms with Crippen LogP contribution in [0, 0.1) is 6.92 Å². The molecule has 0 radical (unpaired) electrons. The highest BCUT2D eigenvalue weighted by molar-refractivity contribution is 6.06. The Bertz CT molecular complexity index is 1840. The lowest BCUT2D eigenvalue weighted by Gasteiger charge is -2.24. The number of carbonyl (C=O) groups excluding carboxylic acids is 1. The molecule has 1 unspecified atom stereocenters.